The molecule has 0 aromatic heterocycles. The first-order valence-electron chi connectivity index (χ1n) is 8.58. The molecule has 3 aliphatic rings. The van der Waals surface area contributed by atoms with Gasteiger partial charge in [-0.05, 0) is 42.9 Å². The molecule has 1 saturated heterocycles. The second kappa shape index (κ2) is 6.04. The molecule has 2 atom stereocenters. The van der Waals surface area contributed by atoms with Gasteiger partial charge in [0.15, 0.2) is 0 Å². The highest BCUT2D eigenvalue weighted by molar-refractivity contribution is 7.93. The number of aryl methyl sites for hydroxylation is 1. The Labute approximate surface area is 138 Å². The first-order valence-corrected chi connectivity index (χ1v) is 10.0. The first kappa shape index (κ1) is 15.4. The van der Waals surface area contributed by atoms with Crippen molar-refractivity contribution in [2.45, 2.75) is 50.7 Å². The van der Waals surface area contributed by atoms with Gasteiger partial charge in [-0.2, -0.15) is 4.31 Å². The highest BCUT2D eigenvalue weighted by Crippen LogP contribution is 2.35. The molecule has 4 rings (SSSR count). The molecule has 1 saturated carbocycles. The number of benzene rings is 1. The number of hydrogen-bond acceptors (Lipinski definition) is 3. The normalized spacial score (nSPS) is 28.6. The van der Waals surface area contributed by atoms with Crippen molar-refractivity contribution in [1.29, 1.82) is 0 Å². The van der Waals surface area contributed by atoms with Crippen LogP contribution in [-0.4, -0.2) is 38.0 Å². The summed E-state index contributed by atoms with van der Waals surface area (Å²) in [5.41, 5.74) is 2.29. The average Bonchev–Trinajstić information content (AvgIpc) is 2.60. The molecule has 5 heteroatoms. The Bertz CT molecular complexity index is 724. The van der Waals surface area contributed by atoms with Gasteiger partial charge < -0.3 is 4.74 Å². The Kier molecular flexibility index (Phi) is 4.03. The third-order valence-corrected chi connectivity index (χ3v) is 7.39. The van der Waals surface area contributed by atoms with E-state index in [9.17, 15) is 8.42 Å². The lowest BCUT2D eigenvalue weighted by Crippen LogP contribution is -2.54. The van der Waals surface area contributed by atoms with Crippen molar-refractivity contribution < 1.29 is 13.2 Å². The Hall–Kier alpha value is -1.17. The molecule has 2 unspecified atom stereocenters. The molecular formula is C18H23NO3S. The molecule has 2 aliphatic carbocycles. The second-order valence-electron chi connectivity index (χ2n) is 6.69. The fourth-order valence-corrected chi connectivity index (χ4v) is 5.97. The van der Waals surface area contributed by atoms with Crippen molar-refractivity contribution in [3.05, 3.63) is 40.3 Å². The highest BCUT2D eigenvalue weighted by Gasteiger charge is 2.41. The molecule has 1 aliphatic heterocycles. The number of allylic oxidation sites excluding steroid dienone is 1. The average molecular weight is 333 g/mol. The van der Waals surface area contributed by atoms with Crippen LogP contribution < -0.4 is 0 Å². The standard InChI is InChI=1S/C18H23NO3S/c20-23(21,16-10-9-14-5-1-2-6-15(14)13-16)19-11-12-22-18-8-4-3-7-17(18)19/h1-2,5-6,13,17-18H,3-4,7-12H2. The van der Waals surface area contributed by atoms with Crippen molar-refractivity contribution in [1.82, 2.24) is 4.31 Å². The number of fused-ring (bicyclic) bond motifs is 2. The summed E-state index contributed by atoms with van der Waals surface area (Å²) in [5.74, 6) is 0. The number of nitrogens with zero attached hydrogens (tertiary/aromatic N) is 1. The number of ether oxygens (including phenoxy) is 1. The van der Waals surface area contributed by atoms with Crippen LogP contribution in [-0.2, 0) is 21.2 Å². The predicted molar refractivity (Wildman–Crippen MR) is 90.4 cm³/mol. The van der Waals surface area contributed by atoms with Gasteiger partial charge in [0.25, 0.3) is 0 Å². The number of hydrogen-bond donors (Lipinski definition) is 0. The van der Waals surface area contributed by atoms with E-state index in [1.807, 2.05) is 24.3 Å². The molecule has 0 radical (unpaired) electrons. The number of rotatable bonds is 2. The van der Waals surface area contributed by atoms with Crippen molar-refractivity contribution in [2.75, 3.05) is 13.2 Å². The maximum atomic E-state index is 13.2. The third kappa shape index (κ3) is 2.75. The lowest BCUT2D eigenvalue weighted by atomic mass is 9.91. The van der Waals surface area contributed by atoms with Gasteiger partial charge in [-0.1, -0.05) is 37.1 Å². The van der Waals surface area contributed by atoms with Gasteiger partial charge in [-0.3, -0.25) is 0 Å². The summed E-state index contributed by atoms with van der Waals surface area (Å²) in [4.78, 5) is 0.572. The molecule has 0 bridgehead atoms. The zero-order valence-electron chi connectivity index (χ0n) is 13.3. The molecule has 0 amide bonds. The molecule has 23 heavy (non-hydrogen) atoms. The fraction of sp³-hybridized carbons (Fsp3) is 0.556. The molecular weight excluding hydrogens is 310 g/mol. The van der Waals surface area contributed by atoms with Gasteiger partial charge in [0.2, 0.25) is 10.0 Å². The van der Waals surface area contributed by atoms with Crippen LogP contribution in [0.3, 0.4) is 0 Å². The van der Waals surface area contributed by atoms with Gasteiger partial charge in [0.05, 0.1) is 23.7 Å². The maximum Gasteiger partial charge on any atom is 0.239 e. The molecule has 0 N–H and O–H groups in total. The van der Waals surface area contributed by atoms with Crippen molar-refractivity contribution >= 4 is 16.1 Å². The van der Waals surface area contributed by atoms with E-state index in [2.05, 4.69) is 6.07 Å². The molecule has 4 nitrogen and oxygen atoms in total. The maximum absolute atomic E-state index is 13.2. The van der Waals surface area contributed by atoms with Crippen LogP contribution in [0.4, 0.5) is 0 Å². The number of sulfonamides is 1. The molecule has 1 aromatic rings. The van der Waals surface area contributed by atoms with Crippen LogP contribution in [0.2, 0.25) is 0 Å². The predicted octanol–water partition coefficient (Wildman–Crippen LogP) is 2.95. The molecule has 0 spiro atoms. The van der Waals surface area contributed by atoms with E-state index < -0.39 is 10.0 Å². The fourth-order valence-electron chi connectivity index (χ4n) is 4.12. The summed E-state index contributed by atoms with van der Waals surface area (Å²) in [7, 11) is -3.38. The van der Waals surface area contributed by atoms with Crippen LogP contribution in [0, 0.1) is 0 Å². The summed E-state index contributed by atoms with van der Waals surface area (Å²) < 4.78 is 34.0. The summed E-state index contributed by atoms with van der Waals surface area (Å²) in [5, 5.41) is 0. The van der Waals surface area contributed by atoms with Crippen LogP contribution in [0.5, 0.6) is 0 Å². The number of morpholine rings is 1. The molecule has 1 heterocycles. The Balaban J connectivity index is 1.66. The van der Waals surface area contributed by atoms with E-state index in [1.54, 1.807) is 4.31 Å². The van der Waals surface area contributed by atoms with Gasteiger partial charge in [0, 0.05) is 6.54 Å². The minimum absolute atomic E-state index is 0.0283. The Morgan fingerprint density at radius 3 is 2.83 bits per heavy atom. The van der Waals surface area contributed by atoms with E-state index >= 15 is 0 Å². The van der Waals surface area contributed by atoms with E-state index in [1.165, 1.54) is 5.56 Å². The third-order valence-electron chi connectivity index (χ3n) is 5.33. The van der Waals surface area contributed by atoms with E-state index in [0.717, 1.165) is 37.7 Å². The smallest absolute Gasteiger partial charge is 0.239 e. The van der Waals surface area contributed by atoms with Crippen LogP contribution in [0.1, 0.15) is 43.2 Å². The van der Waals surface area contributed by atoms with Crippen LogP contribution >= 0.6 is 0 Å². The quantitative estimate of drug-likeness (QED) is 0.836. The van der Waals surface area contributed by atoms with Crippen LogP contribution in [0.25, 0.3) is 6.08 Å². The van der Waals surface area contributed by atoms with Crippen molar-refractivity contribution in [3.63, 3.8) is 0 Å². The highest BCUT2D eigenvalue weighted by atomic mass is 32.2. The van der Waals surface area contributed by atoms with Gasteiger partial charge >= 0.3 is 0 Å². The molecule has 124 valence electrons. The molecule has 1 aromatic carbocycles. The minimum Gasteiger partial charge on any atom is -0.375 e. The SMILES string of the molecule is O=S(=O)(C1=Cc2ccccc2CC1)N1CCOC2CCCCC21. The van der Waals surface area contributed by atoms with Crippen LogP contribution in [0.15, 0.2) is 29.2 Å². The van der Waals surface area contributed by atoms with Gasteiger partial charge in [-0.15, -0.1) is 0 Å². The monoisotopic (exact) mass is 333 g/mol. The van der Waals surface area contributed by atoms with E-state index in [-0.39, 0.29) is 12.1 Å². The topological polar surface area (TPSA) is 46.6 Å². The summed E-state index contributed by atoms with van der Waals surface area (Å²) >= 11 is 0. The second-order valence-corrected chi connectivity index (χ2v) is 8.63. The summed E-state index contributed by atoms with van der Waals surface area (Å²) in [6, 6.07) is 8.10. The Morgan fingerprint density at radius 2 is 1.91 bits per heavy atom. The van der Waals surface area contributed by atoms with E-state index in [4.69, 9.17) is 4.74 Å². The molecule has 2 fully saturated rings. The van der Waals surface area contributed by atoms with Gasteiger partial charge in [0.1, 0.15) is 0 Å². The lowest BCUT2D eigenvalue weighted by Gasteiger charge is -2.43. The Morgan fingerprint density at radius 1 is 1.09 bits per heavy atom. The zero-order valence-corrected chi connectivity index (χ0v) is 14.1. The zero-order chi connectivity index (χ0) is 15.9. The minimum atomic E-state index is -3.38. The first-order chi connectivity index (χ1) is 11.2. The van der Waals surface area contributed by atoms with Gasteiger partial charge in [-0.25, -0.2) is 8.42 Å². The lowest BCUT2D eigenvalue weighted by molar-refractivity contribution is -0.0583. The summed E-state index contributed by atoms with van der Waals surface area (Å²) in [6.07, 6.45) is 7.52. The summed E-state index contributed by atoms with van der Waals surface area (Å²) in [6.45, 7) is 1.01. The largest absolute Gasteiger partial charge is 0.375 e. The van der Waals surface area contributed by atoms with Crippen molar-refractivity contribution in [3.8, 4) is 0 Å². The van der Waals surface area contributed by atoms with Crippen molar-refractivity contribution in [2.24, 2.45) is 0 Å². The van der Waals surface area contributed by atoms with E-state index in [0.29, 0.717) is 24.5 Å².